The van der Waals surface area contributed by atoms with Crippen LogP contribution < -0.4 is 15.2 Å². The quantitative estimate of drug-likeness (QED) is 0.454. The maximum atomic E-state index is 12.7. The highest BCUT2D eigenvalue weighted by molar-refractivity contribution is 7.90. The SMILES string of the molecule is CCC(=O)C(CC(=O)O)N(NS(=O)(=O)[C@@H](C)CC)c1ccc(C2CCNCC2)cc1. The fourth-order valence-corrected chi connectivity index (χ4v) is 4.68. The van der Waals surface area contributed by atoms with Crippen molar-refractivity contribution in [3.8, 4) is 0 Å². The van der Waals surface area contributed by atoms with E-state index in [1.165, 1.54) is 5.01 Å². The summed E-state index contributed by atoms with van der Waals surface area (Å²) in [4.78, 5) is 26.5. The summed E-state index contributed by atoms with van der Waals surface area (Å²) >= 11 is 0. The van der Waals surface area contributed by atoms with Gasteiger partial charge in [0.15, 0.2) is 5.78 Å². The van der Waals surface area contributed by atoms with Crippen LogP contribution in [0.2, 0.25) is 0 Å². The highest BCUT2D eigenvalue weighted by Crippen LogP contribution is 2.28. The highest BCUT2D eigenvalue weighted by atomic mass is 32.2. The monoisotopic (exact) mass is 439 g/mol. The molecule has 9 heteroatoms. The Morgan fingerprint density at radius 3 is 2.30 bits per heavy atom. The molecule has 1 saturated heterocycles. The third-order valence-corrected chi connectivity index (χ3v) is 7.56. The van der Waals surface area contributed by atoms with Crippen LogP contribution in [0.15, 0.2) is 24.3 Å². The molecule has 8 nitrogen and oxygen atoms in total. The van der Waals surface area contributed by atoms with Crippen molar-refractivity contribution in [1.82, 2.24) is 10.1 Å². The van der Waals surface area contributed by atoms with Crippen molar-refractivity contribution in [3.63, 3.8) is 0 Å². The van der Waals surface area contributed by atoms with Gasteiger partial charge in [-0.15, -0.1) is 4.83 Å². The summed E-state index contributed by atoms with van der Waals surface area (Å²) < 4.78 is 25.5. The number of carbonyl (C=O) groups excluding carboxylic acids is 1. The van der Waals surface area contributed by atoms with Crippen molar-refractivity contribution in [2.45, 2.75) is 70.1 Å². The van der Waals surface area contributed by atoms with Crippen LogP contribution in [0.4, 0.5) is 5.69 Å². The van der Waals surface area contributed by atoms with Gasteiger partial charge in [0.25, 0.3) is 0 Å². The van der Waals surface area contributed by atoms with E-state index in [9.17, 15) is 23.1 Å². The van der Waals surface area contributed by atoms with Crippen LogP contribution in [0.1, 0.15) is 64.4 Å². The molecular weight excluding hydrogens is 406 g/mol. The van der Waals surface area contributed by atoms with Crippen molar-refractivity contribution in [2.24, 2.45) is 0 Å². The fourth-order valence-electron chi connectivity index (χ4n) is 3.56. The predicted octanol–water partition coefficient (Wildman–Crippen LogP) is 2.42. The lowest BCUT2D eigenvalue weighted by molar-refractivity contribution is -0.139. The van der Waals surface area contributed by atoms with E-state index in [-0.39, 0.29) is 12.2 Å². The van der Waals surface area contributed by atoms with Gasteiger partial charge in [-0.3, -0.25) is 14.6 Å². The smallest absolute Gasteiger partial charge is 0.305 e. The Balaban J connectivity index is 2.40. The molecule has 2 rings (SSSR count). The number of hydrogen-bond donors (Lipinski definition) is 3. The maximum absolute atomic E-state index is 12.7. The van der Waals surface area contributed by atoms with Crippen LogP contribution in [-0.2, 0) is 19.6 Å². The van der Waals surface area contributed by atoms with Crippen molar-refractivity contribution >= 4 is 27.5 Å². The number of hydrazine groups is 1. The number of anilines is 1. The van der Waals surface area contributed by atoms with Gasteiger partial charge in [-0.25, -0.2) is 8.42 Å². The molecule has 0 aromatic heterocycles. The molecule has 1 heterocycles. The van der Waals surface area contributed by atoms with Crippen LogP contribution >= 0.6 is 0 Å². The zero-order valence-corrected chi connectivity index (χ0v) is 18.7. The molecule has 0 saturated carbocycles. The third kappa shape index (κ3) is 6.26. The molecule has 3 N–H and O–H groups in total. The Labute approximate surface area is 179 Å². The molecule has 30 heavy (non-hydrogen) atoms. The number of hydrogen-bond acceptors (Lipinski definition) is 6. The average Bonchev–Trinajstić information content (AvgIpc) is 2.75. The molecule has 0 spiro atoms. The van der Waals surface area contributed by atoms with Gasteiger partial charge >= 0.3 is 5.97 Å². The Kier molecular flexibility index (Phi) is 8.81. The summed E-state index contributed by atoms with van der Waals surface area (Å²) in [6, 6.07) is 6.26. The van der Waals surface area contributed by atoms with Crippen LogP contribution in [0.5, 0.6) is 0 Å². The summed E-state index contributed by atoms with van der Waals surface area (Å²) in [5.74, 6) is -1.08. The van der Waals surface area contributed by atoms with Crippen LogP contribution in [0, 0.1) is 0 Å². The first-order valence-electron chi connectivity index (χ1n) is 10.5. The number of Topliss-reactive ketones (excluding diaryl/α,β-unsaturated/α-hetero) is 1. The van der Waals surface area contributed by atoms with Crippen LogP contribution in [0.3, 0.4) is 0 Å². The van der Waals surface area contributed by atoms with Gasteiger partial charge in [0, 0.05) is 6.42 Å². The van der Waals surface area contributed by atoms with Gasteiger partial charge in [0.1, 0.15) is 6.04 Å². The van der Waals surface area contributed by atoms with Gasteiger partial charge in [-0.05, 0) is 62.9 Å². The van der Waals surface area contributed by atoms with Gasteiger partial charge in [-0.2, -0.15) is 0 Å². The third-order valence-electron chi connectivity index (χ3n) is 5.71. The Morgan fingerprint density at radius 1 is 1.20 bits per heavy atom. The van der Waals surface area contributed by atoms with Crippen molar-refractivity contribution in [3.05, 3.63) is 29.8 Å². The first kappa shape index (κ1) is 24.3. The molecule has 1 aliphatic heterocycles. The number of benzene rings is 1. The van der Waals surface area contributed by atoms with E-state index in [2.05, 4.69) is 10.1 Å². The molecular formula is C21H33N3O5S. The fraction of sp³-hybridized carbons (Fsp3) is 0.619. The zero-order chi connectivity index (χ0) is 22.3. The minimum atomic E-state index is -3.79. The Morgan fingerprint density at radius 2 is 1.80 bits per heavy atom. The van der Waals surface area contributed by atoms with Crippen molar-refractivity contribution < 1.29 is 23.1 Å². The molecule has 1 aromatic rings. The number of sulfonamides is 1. The van der Waals surface area contributed by atoms with E-state index in [0.29, 0.717) is 18.0 Å². The molecule has 0 bridgehead atoms. The molecule has 1 aromatic carbocycles. The summed E-state index contributed by atoms with van der Waals surface area (Å²) in [6.45, 7) is 6.89. The van der Waals surface area contributed by atoms with Gasteiger partial charge < -0.3 is 10.4 Å². The first-order valence-corrected chi connectivity index (χ1v) is 12.1. The summed E-state index contributed by atoms with van der Waals surface area (Å²) in [5.41, 5.74) is 1.61. The first-order chi connectivity index (χ1) is 14.2. The number of nitrogens with one attached hydrogen (secondary N) is 2. The zero-order valence-electron chi connectivity index (χ0n) is 17.9. The topological polar surface area (TPSA) is 116 Å². The second-order valence-electron chi connectivity index (χ2n) is 7.77. The largest absolute Gasteiger partial charge is 0.481 e. The number of aliphatic carboxylic acids is 1. The predicted molar refractivity (Wildman–Crippen MR) is 117 cm³/mol. The Bertz CT molecular complexity index is 820. The minimum Gasteiger partial charge on any atom is -0.481 e. The standard InChI is InChI=1S/C21H33N3O5S/c1-4-15(3)30(28,29)23-24(19(14-21(26)27)20(25)5-2)18-8-6-16(7-9-18)17-10-12-22-13-11-17/h6-9,15,17,19,22-23H,4-5,10-14H2,1-3H3,(H,26,27)/t15-,19?/m0/s1. The van der Waals surface area contributed by atoms with E-state index >= 15 is 0 Å². The van der Waals surface area contributed by atoms with E-state index in [0.717, 1.165) is 31.5 Å². The molecule has 0 amide bonds. The lowest BCUT2D eigenvalue weighted by Crippen LogP contribution is -2.54. The van der Waals surface area contributed by atoms with Gasteiger partial charge in [0.05, 0.1) is 17.4 Å². The molecule has 1 fully saturated rings. The van der Waals surface area contributed by atoms with Gasteiger partial charge in [0.2, 0.25) is 10.0 Å². The normalized spacial score (nSPS) is 17.3. The van der Waals surface area contributed by atoms with Crippen LogP contribution in [-0.4, -0.2) is 49.7 Å². The van der Waals surface area contributed by atoms with E-state index in [1.54, 1.807) is 32.9 Å². The Hall–Kier alpha value is -1.97. The number of piperidine rings is 1. The number of rotatable bonds is 11. The van der Waals surface area contributed by atoms with E-state index in [1.807, 2.05) is 12.1 Å². The summed E-state index contributed by atoms with van der Waals surface area (Å²) in [6.07, 6.45) is 2.06. The average molecular weight is 440 g/mol. The second-order valence-corrected chi connectivity index (χ2v) is 9.85. The molecule has 2 atom stereocenters. The van der Waals surface area contributed by atoms with Crippen molar-refractivity contribution in [2.75, 3.05) is 18.1 Å². The number of nitrogens with zero attached hydrogens (tertiary/aromatic N) is 1. The van der Waals surface area contributed by atoms with E-state index in [4.69, 9.17) is 0 Å². The lowest BCUT2D eigenvalue weighted by Gasteiger charge is -2.33. The lowest BCUT2D eigenvalue weighted by atomic mass is 9.90. The minimum absolute atomic E-state index is 0.104. The number of carboxylic acids is 1. The number of ketones is 1. The number of carbonyl (C=O) groups is 2. The molecule has 0 aliphatic carbocycles. The molecule has 0 radical (unpaired) electrons. The molecule has 168 valence electrons. The highest BCUT2D eigenvalue weighted by Gasteiger charge is 2.32. The van der Waals surface area contributed by atoms with Crippen molar-refractivity contribution in [1.29, 1.82) is 0 Å². The van der Waals surface area contributed by atoms with Gasteiger partial charge in [-0.1, -0.05) is 26.0 Å². The molecule has 1 unspecified atom stereocenters. The summed E-state index contributed by atoms with van der Waals surface area (Å²) in [7, 11) is -3.79. The number of carboxylic acid groups (broad SMARTS) is 1. The summed E-state index contributed by atoms with van der Waals surface area (Å²) in [5, 5.41) is 13.2. The maximum Gasteiger partial charge on any atom is 0.305 e. The van der Waals surface area contributed by atoms with E-state index < -0.39 is 33.7 Å². The second kappa shape index (κ2) is 10.9. The van der Waals surface area contributed by atoms with Crippen LogP contribution in [0.25, 0.3) is 0 Å². The molecule has 1 aliphatic rings.